The zero-order chi connectivity index (χ0) is 13.7. The number of hydrogen-bond donors (Lipinski definition) is 1. The SMILES string of the molecule is Cc1ccsc1C(=O)N(CCN)Cc1ccccc1.Cl. The highest BCUT2D eigenvalue weighted by Gasteiger charge is 2.18. The van der Waals surface area contributed by atoms with Crippen LogP contribution in [-0.4, -0.2) is 23.9 Å². The van der Waals surface area contributed by atoms with Crippen LogP contribution in [0.25, 0.3) is 0 Å². The lowest BCUT2D eigenvalue weighted by Gasteiger charge is -2.22. The molecule has 0 fully saturated rings. The summed E-state index contributed by atoms with van der Waals surface area (Å²) in [5, 5.41) is 1.95. The van der Waals surface area contributed by atoms with E-state index in [4.69, 9.17) is 5.73 Å². The lowest BCUT2D eigenvalue weighted by molar-refractivity contribution is 0.0752. The highest BCUT2D eigenvalue weighted by atomic mass is 35.5. The van der Waals surface area contributed by atoms with Crippen LogP contribution in [0, 0.1) is 6.92 Å². The summed E-state index contributed by atoms with van der Waals surface area (Å²) in [6, 6.07) is 12.0. The van der Waals surface area contributed by atoms with E-state index >= 15 is 0 Å². The van der Waals surface area contributed by atoms with Gasteiger partial charge in [0.25, 0.3) is 5.91 Å². The molecule has 108 valence electrons. The van der Waals surface area contributed by atoms with Crippen LogP contribution < -0.4 is 5.73 Å². The van der Waals surface area contributed by atoms with E-state index in [1.54, 1.807) is 0 Å². The van der Waals surface area contributed by atoms with Gasteiger partial charge in [0.05, 0.1) is 4.88 Å². The predicted molar refractivity (Wildman–Crippen MR) is 86.5 cm³/mol. The summed E-state index contributed by atoms with van der Waals surface area (Å²) in [6.45, 7) is 3.62. The fraction of sp³-hybridized carbons (Fsp3) is 0.267. The molecule has 2 N–H and O–H groups in total. The van der Waals surface area contributed by atoms with Gasteiger partial charge in [-0.05, 0) is 29.5 Å². The van der Waals surface area contributed by atoms with E-state index < -0.39 is 0 Å². The number of nitrogens with zero attached hydrogens (tertiary/aromatic N) is 1. The van der Waals surface area contributed by atoms with Crippen LogP contribution in [0.3, 0.4) is 0 Å². The third-order valence-corrected chi connectivity index (χ3v) is 3.96. The normalized spacial score (nSPS) is 9.90. The second kappa shape index (κ2) is 8.04. The third kappa shape index (κ3) is 4.07. The number of nitrogens with two attached hydrogens (primary N) is 1. The molecule has 0 unspecified atom stereocenters. The van der Waals surface area contributed by atoms with Gasteiger partial charge in [0.1, 0.15) is 0 Å². The van der Waals surface area contributed by atoms with E-state index in [1.165, 1.54) is 11.3 Å². The molecule has 0 aliphatic heterocycles. The zero-order valence-electron chi connectivity index (χ0n) is 11.4. The number of rotatable bonds is 5. The Morgan fingerprint density at radius 1 is 1.25 bits per heavy atom. The molecule has 0 spiro atoms. The van der Waals surface area contributed by atoms with Gasteiger partial charge in [-0.1, -0.05) is 30.3 Å². The number of amides is 1. The van der Waals surface area contributed by atoms with Gasteiger partial charge < -0.3 is 10.6 Å². The average molecular weight is 311 g/mol. The maximum absolute atomic E-state index is 12.5. The van der Waals surface area contributed by atoms with E-state index in [9.17, 15) is 4.79 Å². The van der Waals surface area contributed by atoms with Crippen molar-refractivity contribution in [3.05, 3.63) is 57.8 Å². The third-order valence-electron chi connectivity index (χ3n) is 2.96. The molecule has 0 radical (unpaired) electrons. The Kier molecular flexibility index (Phi) is 6.71. The molecule has 0 saturated heterocycles. The maximum Gasteiger partial charge on any atom is 0.264 e. The van der Waals surface area contributed by atoms with Crippen molar-refractivity contribution in [1.29, 1.82) is 0 Å². The van der Waals surface area contributed by atoms with Gasteiger partial charge in [0, 0.05) is 19.6 Å². The van der Waals surface area contributed by atoms with Crippen molar-refractivity contribution in [2.45, 2.75) is 13.5 Å². The van der Waals surface area contributed by atoms with Crippen molar-refractivity contribution in [2.24, 2.45) is 5.73 Å². The summed E-state index contributed by atoms with van der Waals surface area (Å²) in [7, 11) is 0. The molecular weight excluding hydrogens is 292 g/mol. The topological polar surface area (TPSA) is 46.3 Å². The van der Waals surface area contributed by atoms with Crippen LogP contribution in [0.15, 0.2) is 41.8 Å². The van der Waals surface area contributed by atoms with Gasteiger partial charge in [-0.15, -0.1) is 23.7 Å². The number of carbonyl (C=O) groups is 1. The van der Waals surface area contributed by atoms with Crippen molar-refractivity contribution < 1.29 is 4.79 Å². The fourth-order valence-corrected chi connectivity index (χ4v) is 2.84. The van der Waals surface area contributed by atoms with Gasteiger partial charge in [-0.2, -0.15) is 0 Å². The Bertz CT molecular complexity index is 542. The molecule has 0 aliphatic rings. The quantitative estimate of drug-likeness (QED) is 0.922. The number of thiophene rings is 1. The number of carbonyl (C=O) groups excluding carboxylic acids is 1. The van der Waals surface area contributed by atoms with E-state index in [2.05, 4.69) is 0 Å². The molecule has 0 atom stereocenters. The largest absolute Gasteiger partial charge is 0.332 e. The molecule has 0 bridgehead atoms. The molecule has 0 aliphatic carbocycles. The molecule has 0 saturated carbocycles. The maximum atomic E-state index is 12.5. The zero-order valence-corrected chi connectivity index (χ0v) is 13.0. The summed E-state index contributed by atoms with van der Waals surface area (Å²) in [5.41, 5.74) is 7.78. The summed E-state index contributed by atoms with van der Waals surface area (Å²) >= 11 is 1.49. The molecule has 1 aromatic heterocycles. The molecular formula is C15H19ClN2OS. The van der Waals surface area contributed by atoms with Crippen molar-refractivity contribution in [1.82, 2.24) is 4.90 Å². The highest BCUT2D eigenvalue weighted by molar-refractivity contribution is 7.12. The standard InChI is InChI=1S/C15H18N2OS.ClH/c1-12-7-10-19-14(12)15(18)17(9-8-16)11-13-5-3-2-4-6-13;/h2-7,10H,8-9,11,16H2,1H3;1H. The first-order chi connectivity index (χ1) is 9.22. The average Bonchev–Trinajstić information content (AvgIpc) is 2.85. The summed E-state index contributed by atoms with van der Waals surface area (Å²) in [6.07, 6.45) is 0. The first-order valence-electron chi connectivity index (χ1n) is 6.29. The van der Waals surface area contributed by atoms with Gasteiger partial charge in [-0.25, -0.2) is 0 Å². The van der Waals surface area contributed by atoms with Crippen molar-refractivity contribution in [3.8, 4) is 0 Å². The lowest BCUT2D eigenvalue weighted by atomic mass is 10.2. The first-order valence-corrected chi connectivity index (χ1v) is 7.17. The Morgan fingerprint density at radius 3 is 2.50 bits per heavy atom. The minimum absolute atomic E-state index is 0. The molecule has 2 rings (SSSR count). The highest BCUT2D eigenvalue weighted by Crippen LogP contribution is 2.19. The Labute approximate surface area is 129 Å². The van der Waals surface area contributed by atoms with Crippen LogP contribution in [0.2, 0.25) is 0 Å². The van der Waals surface area contributed by atoms with Crippen molar-refractivity contribution in [3.63, 3.8) is 0 Å². The number of benzene rings is 1. The Balaban J connectivity index is 0.00000200. The smallest absolute Gasteiger partial charge is 0.264 e. The summed E-state index contributed by atoms with van der Waals surface area (Å²) < 4.78 is 0. The Hall–Kier alpha value is -1.36. The molecule has 3 nitrogen and oxygen atoms in total. The van der Waals surface area contributed by atoms with E-state index in [0.717, 1.165) is 16.0 Å². The van der Waals surface area contributed by atoms with Crippen LogP contribution >= 0.6 is 23.7 Å². The summed E-state index contributed by atoms with van der Waals surface area (Å²) in [5.74, 6) is 0.0711. The minimum Gasteiger partial charge on any atom is -0.332 e. The second-order valence-electron chi connectivity index (χ2n) is 4.43. The van der Waals surface area contributed by atoms with Crippen molar-refractivity contribution >= 4 is 29.7 Å². The first kappa shape index (κ1) is 16.7. The molecule has 5 heteroatoms. The van der Waals surface area contributed by atoms with E-state index in [0.29, 0.717) is 19.6 Å². The van der Waals surface area contributed by atoms with E-state index in [-0.39, 0.29) is 18.3 Å². The monoisotopic (exact) mass is 310 g/mol. The minimum atomic E-state index is 0. The van der Waals surface area contributed by atoms with Crippen LogP contribution in [0.5, 0.6) is 0 Å². The van der Waals surface area contributed by atoms with E-state index in [1.807, 2.05) is 53.6 Å². The van der Waals surface area contributed by atoms with Gasteiger partial charge >= 0.3 is 0 Å². The van der Waals surface area contributed by atoms with Gasteiger partial charge in [-0.3, -0.25) is 4.79 Å². The number of halogens is 1. The predicted octanol–water partition coefficient (Wildman–Crippen LogP) is 3.08. The lowest BCUT2D eigenvalue weighted by Crippen LogP contribution is -2.34. The van der Waals surface area contributed by atoms with Gasteiger partial charge in [0.2, 0.25) is 0 Å². The molecule has 1 aromatic carbocycles. The fourth-order valence-electron chi connectivity index (χ4n) is 1.95. The molecule has 1 amide bonds. The van der Waals surface area contributed by atoms with Gasteiger partial charge in [0.15, 0.2) is 0 Å². The second-order valence-corrected chi connectivity index (χ2v) is 5.35. The molecule has 2 aromatic rings. The van der Waals surface area contributed by atoms with Crippen LogP contribution in [0.4, 0.5) is 0 Å². The van der Waals surface area contributed by atoms with Crippen LogP contribution in [-0.2, 0) is 6.54 Å². The Morgan fingerprint density at radius 2 is 1.95 bits per heavy atom. The number of hydrogen-bond acceptors (Lipinski definition) is 3. The molecule has 20 heavy (non-hydrogen) atoms. The van der Waals surface area contributed by atoms with Crippen LogP contribution in [0.1, 0.15) is 20.8 Å². The molecule has 1 heterocycles. The summed E-state index contributed by atoms with van der Waals surface area (Å²) in [4.78, 5) is 15.1. The van der Waals surface area contributed by atoms with Crippen molar-refractivity contribution in [2.75, 3.05) is 13.1 Å². The number of aryl methyl sites for hydroxylation is 1.